The van der Waals surface area contributed by atoms with Gasteiger partial charge in [0.15, 0.2) is 5.11 Å². The predicted molar refractivity (Wildman–Crippen MR) is 159 cm³/mol. The van der Waals surface area contributed by atoms with Crippen molar-refractivity contribution in [3.05, 3.63) is 80.9 Å². The zero-order chi connectivity index (χ0) is 27.7. The number of benzene rings is 3. The molecule has 0 saturated carbocycles. The lowest BCUT2D eigenvalue weighted by Crippen LogP contribution is -2.35. The quantitative estimate of drug-likeness (QED) is 0.145. The number of nitro benzene ring substituents is 1. The third kappa shape index (κ3) is 5.86. The van der Waals surface area contributed by atoms with Gasteiger partial charge < -0.3 is 15.2 Å². The second kappa shape index (κ2) is 11.0. The highest BCUT2D eigenvalue weighted by Gasteiger charge is 2.25. The fraction of sp³-hybridized carbons (Fsp3) is 0.250. The molecule has 3 N–H and O–H groups in total. The number of anilines is 2. The van der Waals surface area contributed by atoms with Gasteiger partial charge in [0.05, 0.1) is 16.0 Å². The molecule has 2 heterocycles. The summed E-state index contributed by atoms with van der Waals surface area (Å²) >= 11 is 11.6. The van der Waals surface area contributed by atoms with Gasteiger partial charge in [-0.3, -0.25) is 20.2 Å². The normalized spacial score (nSPS) is 13.9. The van der Waals surface area contributed by atoms with Gasteiger partial charge in [-0.15, -0.1) is 0 Å². The third-order valence-corrected chi connectivity index (χ3v) is 7.55. The Hall–Kier alpha value is -4.02. The van der Waals surface area contributed by atoms with Gasteiger partial charge in [-0.2, -0.15) is 0 Å². The largest absolute Gasteiger partial charge is 0.366 e. The number of rotatable bonds is 5. The van der Waals surface area contributed by atoms with E-state index in [1.54, 1.807) is 12.1 Å². The molecule has 1 aliphatic rings. The Morgan fingerprint density at radius 1 is 1.18 bits per heavy atom. The maximum atomic E-state index is 12.9. The van der Waals surface area contributed by atoms with Gasteiger partial charge in [0, 0.05) is 41.0 Å². The standard InChI is InChI=1S/C28H27ClN6O3S/c1-16-8-10-34(11-9-16)24-7-6-19(14-25(24)35(37)38)27(36)33-28(39)30-20-5-3-4-18(13-20)26-31-22-12-17(2)21(29)15-23(22)32-26/h3-7,12-16H,8-11H2,1-2H3,(H,31,32)(H2,30,33,36,39). The SMILES string of the molecule is Cc1cc2[nH]c(-c3cccc(NC(=S)NC(=O)c4ccc(N5CCC(C)CC5)c([N+](=O)[O-])c4)c3)nc2cc1Cl. The summed E-state index contributed by atoms with van der Waals surface area (Å²) in [5.74, 6) is 0.734. The molecule has 200 valence electrons. The minimum absolute atomic E-state index is 0.0703. The van der Waals surface area contributed by atoms with Crippen LogP contribution in [0.3, 0.4) is 0 Å². The van der Waals surface area contributed by atoms with E-state index in [1.807, 2.05) is 48.2 Å². The first kappa shape index (κ1) is 26.6. The number of thiocarbonyl (C=S) groups is 1. The van der Waals surface area contributed by atoms with E-state index in [0.29, 0.717) is 28.1 Å². The van der Waals surface area contributed by atoms with Crippen molar-refractivity contribution in [2.75, 3.05) is 23.3 Å². The average molecular weight is 563 g/mol. The van der Waals surface area contributed by atoms with Crippen molar-refractivity contribution < 1.29 is 9.72 Å². The first-order valence-corrected chi connectivity index (χ1v) is 13.4. The number of piperidine rings is 1. The molecule has 1 amide bonds. The van der Waals surface area contributed by atoms with Crippen LogP contribution in [0.15, 0.2) is 54.6 Å². The molecular weight excluding hydrogens is 536 g/mol. The van der Waals surface area contributed by atoms with Crippen molar-refractivity contribution in [3.63, 3.8) is 0 Å². The van der Waals surface area contributed by atoms with Crippen molar-refractivity contribution in [3.8, 4) is 11.4 Å². The number of halogens is 1. The molecule has 39 heavy (non-hydrogen) atoms. The Morgan fingerprint density at radius 3 is 2.69 bits per heavy atom. The molecule has 5 rings (SSSR count). The third-order valence-electron chi connectivity index (χ3n) is 6.94. The minimum Gasteiger partial charge on any atom is -0.366 e. The van der Waals surface area contributed by atoms with Gasteiger partial charge in [-0.25, -0.2) is 4.98 Å². The molecular formula is C28H27ClN6O3S. The maximum absolute atomic E-state index is 12.9. The van der Waals surface area contributed by atoms with E-state index in [0.717, 1.165) is 48.1 Å². The second-order valence-electron chi connectivity index (χ2n) is 9.82. The summed E-state index contributed by atoms with van der Waals surface area (Å²) in [4.78, 5) is 34.2. The number of imidazole rings is 1. The van der Waals surface area contributed by atoms with Crippen LogP contribution in [-0.4, -0.2) is 39.0 Å². The first-order chi connectivity index (χ1) is 18.7. The molecule has 1 aromatic heterocycles. The number of nitrogens with one attached hydrogen (secondary N) is 3. The number of aromatic nitrogens is 2. The molecule has 1 aliphatic heterocycles. The Balaban J connectivity index is 1.28. The van der Waals surface area contributed by atoms with E-state index in [9.17, 15) is 14.9 Å². The van der Waals surface area contributed by atoms with Gasteiger partial charge >= 0.3 is 0 Å². The molecule has 9 nitrogen and oxygen atoms in total. The van der Waals surface area contributed by atoms with Gasteiger partial charge in [-0.1, -0.05) is 30.7 Å². The van der Waals surface area contributed by atoms with Crippen LogP contribution in [0.25, 0.3) is 22.4 Å². The Bertz CT molecular complexity index is 1560. The number of H-pyrrole nitrogens is 1. The van der Waals surface area contributed by atoms with Gasteiger partial charge in [0.25, 0.3) is 11.6 Å². The number of carbonyl (C=O) groups excluding carboxylic acids is 1. The summed E-state index contributed by atoms with van der Waals surface area (Å²) < 4.78 is 0. The van der Waals surface area contributed by atoms with Gasteiger partial charge in [0.2, 0.25) is 0 Å². The summed E-state index contributed by atoms with van der Waals surface area (Å²) in [6.45, 7) is 5.62. The Labute approximate surface area is 235 Å². The van der Waals surface area contributed by atoms with E-state index < -0.39 is 10.8 Å². The smallest absolute Gasteiger partial charge is 0.293 e. The minimum atomic E-state index is -0.532. The Morgan fingerprint density at radius 2 is 1.95 bits per heavy atom. The highest BCUT2D eigenvalue weighted by molar-refractivity contribution is 7.80. The lowest BCUT2D eigenvalue weighted by Gasteiger charge is -2.31. The molecule has 3 aromatic carbocycles. The van der Waals surface area contributed by atoms with Crippen LogP contribution in [-0.2, 0) is 0 Å². The first-order valence-electron chi connectivity index (χ1n) is 12.6. The number of aromatic amines is 1. The van der Waals surface area contributed by atoms with Crippen LogP contribution in [0.1, 0.15) is 35.7 Å². The summed E-state index contributed by atoms with van der Waals surface area (Å²) in [6.07, 6.45) is 1.95. The Kier molecular flexibility index (Phi) is 7.49. The summed E-state index contributed by atoms with van der Waals surface area (Å²) in [6, 6.07) is 15.7. The molecule has 0 radical (unpaired) electrons. The molecule has 1 fully saturated rings. The van der Waals surface area contributed by atoms with Crippen LogP contribution in [0, 0.1) is 23.0 Å². The second-order valence-corrected chi connectivity index (χ2v) is 10.6. The van der Waals surface area contributed by atoms with Crippen LogP contribution in [0.4, 0.5) is 17.1 Å². The zero-order valence-corrected chi connectivity index (χ0v) is 23.0. The number of nitro groups is 1. The topological polar surface area (TPSA) is 116 Å². The van der Waals surface area contributed by atoms with Crippen molar-refractivity contribution in [1.82, 2.24) is 15.3 Å². The van der Waals surface area contributed by atoms with Crippen LogP contribution in [0.2, 0.25) is 5.02 Å². The molecule has 1 saturated heterocycles. The lowest BCUT2D eigenvalue weighted by molar-refractivity contribution is -0.384. The number of fused-ring (bicyclic) bond motifs is 1. The number of carbonyl (C=O) groups is 1. The number of hydrogen-bond donors (Lipinski definition) is 3. The van der Waals surface area contributed by atoms with Crippen LogP contribution >= 0.6 is 23.8 Å². The van der Waals surface area contributed by atoms with Crippen LogP contribution in [0.5, 0.6) is 0 Å². The maximum Gasteiger partial charge on any atom is 0.293 e. The van der Waals surface area contributed by atoms with Crippen molar-refractivity contribution in [2.45, 2.75) is 26.7 Å². The molecule has 0 atom stereocenters. The average Bonchev–Trinajstić information content (AvgIpc) is 3.31. The fourth-order valence-electron chi connectivity index (χ4n) is 4.69. The number of aryl methyl sites for hydroxylation is 1. The van der Waals surface area contributed by atoms with E-state index in [-0.39, 0.29) is 16.4 Å². The summed E-state index contributed by atoms with van der Waals surface area (Å²) in [5, 5.41) is 18.1. The predicted octanol–water partition coefficient (Wildman–Crippen LogP) is 6.46. The van der Waals surface area contributed by atoms with E-state index in [2.05, 4.69) is 27.5 Å². The molecule has 0 unspecified atom stereocenters. The van der Waals surface area contributed by atoms with Crippen LogP contribution < -0.4 is 15.5 Å². The monoisotopic (exact) mass is 562 g/mol. The summed E-state index contributed by atoms with van der Waals surface area (Å²) in [7, 11) is 0. The molecule has 11 heteroatoms. The van der Waals surface area contributed by atoms with E-state index >= 15 is 0 Å². The number of nitrogens with zero attached hydrogens (tertiary/aromatic N) is 3. The lowest BCUT2D eigenvalue weighted by atomic mass is 9.98. The zero-order valence-electron chi connectivity index (χ0n) is 21.5. The summed E-state index contributed by atoms with van der Waals surface area (Å²) in [5.41, 5.74) is 4.65. The molecule has 0 spiro atoms. The fourth-order valence-corrected chi connectivity index (χ4v) is 5.05. The van der Waals surface area contributed by atoms with Gasteiger partial charge in [-0.05, 0) is 79.9 Å². The van der Waals surface area contributed by atoms with Crippen molar-refractivity contribution in [1.29, 1.82) is 0 Å². The number of hydrogen-bond acceptors (Lipinski definition) is 6. The highest BCUT2D eigenvalue weighted by Crippen LogP contribution is 2.32. The van der Waals surface area contributed by atoms with E-state index in [1.165, 1.54) is 6.07 Å². The number of amides is 1. The molecule has 0 bridgehead atoms. The highest BCUT2D eigenvalue weighted by atomic mass is 35.5. The molecule has 0 aliphatic carbocycles. The van der Waals surface area contributed by atoms with E-state index in [4.69, 9.17) is 23.8 Å². The van der Waals surface area contributed by atoms with Gasteiger partial charge in [0.1, 0.15) is 11.5 Å². The van der Waals surface area contributed by atoms with Crippen molar-refractivity contribution >= 4 is 62.9 Å². The van der Waals surface area contributed by atoms with Crippen molar-refractivity contribution in [2.24, 2.45) is 5.92 Å². The molecule has 4 aromatic rings.